The van der Waals surface area contributed by atoms with Crippen molar-refractivity contribution in [3.8, 4) is 5.69 Å². The highest BCUT2D eigenvalue weighted by Crippen LogP contribution is 2.46. The van der Waals surface area contributed by atoms with Gasteiger partial charge in [0, 0.05) is 22.4 Å². The predicted octanol–water partition coefficient (Wildman–Crippen LogP) is 3.08. The topological polar surface area (TPSA) is 17.8 Å². The van der Waals surface area contributed by atoms with Gasteiger partial charge in [-0.2, -0.15) is 0 Å². The van der Waals surface area contributed by atoms with Crippen LogP contribution in [0.5, 0.6) is 0 Å². The van der Waals surface area contributed by atoms with Gasteiger partial charge in [-0.1, -0.05) is 49.6 Å². The normalized spacial score (nSPS) is 15.0. The van der Waals surface area contributed by atoms with E-state index < -0.39 is 0 Å². The summed E-state index contributed by atoms with van der Waals surface area (Å²) in [4.78, 5) is 4.41. The number of para-hydroxylation sites is 1. The number of hydrogen-bond donors (Lipinski definition) is 0. The van der Waals surface area contributed by atoms with E-state index in [0.717, 1.165) is 0 Å². The fourth-order valence-electron chi connectivity index (χ4n) is 4.18. The molecule has 3 heteroatoms. The average molecular weight is 296 g/mol. The molecule has 23 heavy (non-hydrogen) atoms. The Morgan fingerprint density at radius 1 is 1.00 bits per heavy atom. The highest BCUT2D eigenvalue weighted by atomic mass is 15.0. The number of pyridine rings is 1. The molecule has 3 heterocycles. The zero-order chi connectivity index (χ0) is 15.8. The zero-order valence-corrected chi connectivity index (χ0v) is 13.6. The molecule has 0 amide bonds. The molecular formula is C20H17BN2. The molecule has 0 spiro atoms. The van der Waals surface area contributed by atoms with Crippen molar-refractivity contribution in [1.82, 2.24) is 9.55 Å². The molecule has 0 radical (unpaired) electrons. The molecule has 0 atom stereocenters. The van der Waals surface area contributed by atoms with Crippen molar-refractivity contribution in [2.45, 2.75) is 19.3 Å². The minimum atomic E-state index is -0.0167. The maximum absolute atomic E-state index is 4.41. The predicted molar refractivity (Wildman–Crippen MR) is 98.9 cm³/mol. The van der Waals surface area contributed by atoms with Crippen LogP contribution in [0, 0.1) is 0 Å². The molecule has 110 valence electrons. The lowest BCUT2D eigenvalue weighted by Gasteiger charge is -2.34. The number of aromatic nitrogens is 2. The quantitative estimate of drug-likeness (QED) is 0.456. The Morgan fingerprint density at radius 2 is 1.87 bits per heavy atom. The fraction of sp³-hybridized carbons (Fsp3) is 0.150. The van der Waals surface area contributed by atoms with Gasteiger partial charge in [0.15, 0.2) is 0 Å². The third kappa shape index (κ3) is 1.47. The van der Waals surface area contributed by atoms with Crippen LogP contribution in [-0.2, 0) is 5.41 Å². The number of hydrogen-bond acceptors (Lipinski definition) is 1. The molecule has 2 aromatic carbocycles. The third-order valence-electron chi connectivity index (χ3n) is 5.33. The Labute approximate surface area is 136 Å². The monoisotopic (exact) mass is 296 g/mol. The summed E-state index contributed by atoms with van der Waals surface area (Å²) >= 11 is 0. The average Bonchev–Trinajstić information content (AvgIpc) is 2.88. The summed E-state index contributed by atoms with van der Waals surface area (Å²) in [5.41, 5.74) is 7.82. The van der Waals surface area contributed by atoms with Gasteiger partial charge in [0.2, 0.25) is 0 Å². The minimum Gasteiger partial charge on any atom is -0.307 e. The molecule has 0 N–H and O–H groups in total. The number of fused-ring (bicyclic) bond motifs is 5. The summed E-state index contributed by atoms with van der Waals surface area (Å²) in [6, 6.07) is 15.6. The van der Waals surface area contributed by atoms with Gasteiger partial charge in [0.05, 0.1) is 22.9 Å². The first-order chi connectivity index (χ1) is 11.1. The van der Waals surface area contributed by atoms with E-state index in [0.29, 0.717) is 0 Å². The van der Waals surface area contributed by atoms with E-state index in [1.54, 1.807) is 0 Å². The van der Waals surface area contributed by atoms with Gasteiger partial charge < -0.3 is 4.57 Å². The highest BCUT2D eigenvalue weighted by molar-refractivity contribution is 6.34. The maximum atomic E-state index is 4.41. The Bertz CT molecular complexity index is 1110. The first-order valence-electron chi connectivity index (χ1n) is 8.08. The molecule has 2 aromatic heterocycles. The van der Waals surface area contributed by atoms with Crippen LogP contribution in [0.25, 0.3) is 27.5 Å². The molecule has 0 saturated carbocycles. The van der Waals surface area contributed by atoms with Crippen molar-refractivity contribution in [2.24, 2.45) is 0 Å². The molecular weight excluding hydrogens is 279 g/mol. The largest absolute Gasteiger partial charge is 0.307 e. The smallest absolute Gasteiger partial charge is 0.139 e. The van der Waals surface area contributed by atoms with E-state index in [9.17, 15) is 0 Å². The first-order valence-corrected chi connectivity index (χ1v) is 8.08. The summed E-state index contributed by atoms with van der Waals surface area (Å²) in [5, 5.41) is 2.66. The van der Waals surface area contributed by atoms with Crippen molar-refractivity contribution in [1.29, 1.82) is 0 Å². The Morgan fingerprint density at radius 3 is 2.74 bits per heavy atom. The molecule has 0 bridgehead atoms. The van der Waals surface area contributed by atoms with E-state index >= 15 is 0 Å². The van der Waals surface area contributed by atoms with Gasteiger partial charge in [0.1, 0.15) is 7.85 Å². The molecule has 0 fully saturated rings. The van der Waals surface area contributed by atoms with E-state index in [2.05, 4.69) is 73.7 Å². The lowest BCUT2D eigenvalue weighted by atomic mass is 9.75. The van der Waals surface area contributed by atoms with Gasteiger partial charge in [-0.3, -0.25) is 4.98 Å². The molecule has 1 aliphatic rings. The molecule has 2 nitrogen and oxygen atoms in total. The van der Waals surface area contributed by atoms with Crippen molar-refractivity contribution >= 4 is 35.1 Å². The van der Waals surface area contributed by atoms with Crippen LogP contribution < -0.4 is 5.46 Å². The van der Waals surface area contributed by atoms with Crippen LogP contribution in [0.3, 0.4) is 0 Å². The lowest BCUT2D eigenvalue weighted by Crippen LogP contribution is -2.26. The summed E-state index contributed by atoms with van der Waals surface area (Å²) in [6.07, 6.45) is 3.91. The van der Waals surface area contributed by atoms with Gasteiger partial charge in [-0.05, 0) is 23.3 Å². The van der Waals surface area contributed by atoms with Crippen LogP contribution in [0.2, 0.25) is 0 Å². The third-order valence-corrected chi connectivity index (χ3v) is 5.33. The standard InChI is InChI=1S/C20H17BN2/c1-20(2)15-8-9-22-11-18(15)23-17-7-6-12(21)10-14(17)13-4-3-5-16(20)19(13)23/h3-11H,21H2,1-2H3. The van der Waals surface area contributed by atoms with Crippen LogP contribution in [0.15, 0.2) is 54.9 Å². The number of nitrogens with zero attached hydrogens (tertiary/aromatic N) is 2. The number of benzene rings is 2. The number of rotatable bonds is 0. The Kier molecular flexibility index (Phi) is 2.28. The van der Waals surface area contributed by atoms with E-state index in [1.165, 1.54) is 44.1 Å². The summed E-state index contributed by atoms with van der Waals surface area (Å²) < 4.78 is 2.40. The van der Waals surface area contributed by atoms with Crippen molar-refractivity contribution in [3.05, 3.63) is 66.0 Å². The summed E-state index contributed by atoms with van der Waals surface area (Å²) in [6.45, 7) is 4.63. The Hall–Kier alpha value is -2.55. The maximum Gasteiger partial charge on any atom is 0.139 e. The molecule has 5 rings (SSSR count). The second-order valence-electron chi connectivity index (χ2n) is 7.08. The molecule has 0 unspecified atom stereocenters. The van der Waals surface area contributed by atoms with Crippen molar-refractivity contribution < 1.29 is 0 Å². The molecule has 1 aliphatic heterocycles. The summed E-state index contributed by atoms with van der Waals surface area (Å²) in [5.74, 6) is 0. The summed E-state index contributed by atoms with van der Waals surface area (Å²) in [7, 11) is 2.16. The van der Waals surface area contributed by atoms with Crippen LogP contribution in [-0.4, -0.2) is 17.4 Å². The SMILES string of the molecule is Bc1ccc2c(c1)c1cccc3c1n2-c1cnccc1C3(C)C. The van der Waals surface area contributed by atoms with Gasteiger partial charge in [-0.15, -0.1) is 0 Å². The zero-order valence-electron chi connectivity index (χ0n) is 13.6. The van der Waals surface area contributed by atoms with E-state index in [-0.39, 0.29) is 5.41 Å². The second kappa shape index (κ2) is 4.05. The molecule has 0 saturated heterocycles. The van der Waals surface area contributed by atoms with Crippen molar-refractivity contribution in [3.63, 3.8) is 0 Å². The van der Waals surface area contributed by atoms with Gasteiger partial charge >= 0.3 is 0 Å². The lowest BCUT2D eigenvalue weighted by molar-refractivity contribution is 0.628. The van der Waals surface area contributed by atoms with Crippen LogP contribution in [0.4, 0.5) is 0 Å². The van der Waals surface area contributed by atoms with E-state index in [4.69, 9.17) is 0 Å². The fourth-order valence-corrected chi connectivity index (χ4v) is 4.18. The van der Waals surface area contributed by atoms with Gasteiger partial charge in [-0.25, -0.2) is 0 Å². The highest BCUT2D eigenvalue weighted by Gasteiger charge is 2.34. The van der Waals surface area contributed by atoms with Crippen molar-refractivity contribution in [2.75, 3.05) is 0 Å². The van der Waals surface area contributed by atoms with Crippen LogP contribution >= 0.6 is 0 Å². The Balaban J connectivity index is 2.13. The second-order valence-corrected chi connectivity index (χ2v) is 7.08. The molecule has 0 aliphatic carbocycles. The van der Waals surface area contributed by atoms with Gasteiger partial charge in [0.25, 0.3) is 0 Å². The minimum absolute atomic E-state index is 0.0167. The first kappa shape index (κ1) is 12.9. The van der Waals surface area contributed by atoms with E-state index in [1.807, 2.05) is 12.4 Å². The molecule has 4 aromatic rings. The van der Waals surface area contributed by atoms with Crippen LogP contribution in [0.1, 0.15) is 25.0 Å².